The summed E-state index contributed by atoms with van der Waals surface area (Å²) in [7, 11) is 0. The van der Waals surface area contributed by atoms with Gasteiger partial charge in [0.1, 0.15) is 5.54 Å². The minimum absolute atomic E-state index is 0.188. The molecule has 2 rings (SSSR count). The highest BCUT2D eigenvalue weighted by molar-refractivity contribution is 7.14. The molecule has 1 aliphatic heterocycles. The van der Waals surface area contributed by atoms with E-state index >= 15 is 0 Å². The molecule has 1 aromatic rings. The summed E-state index contributed by atoms with van der Waals surface area (Å²) in [5, 5.41) is 2.72. The molecule has 0 bridgehead atoms. The van der Waals surface area contributed by atoms with Gasteiger partial charge in [0.15, 0.2) is 5.78 Å². The van der Waals surface area contributed by atoms with E-state index in [4.69, 9.17) is 0 Å². The summed E-state index contributed by atoms with van der Waals surface area (Å²) < 4.78 is 0. The van der Waals surface area contributed by atoms with Crippen molar-refractivity contribution in [2.45, 2.75) is 39.2 Å². The fraction of sp³-hybridized carbons (Fsp3) is 0.500. The molecular formula is C14H18N2O3S. The van der Waals surface area contributed by atoms with Gasteiger partial charge < -0.3 is 5.32 Å². The van der Waals surface area contributed by atoms with Crippen LogP contribution >= 0.6 is 11.3 Å². The Morgan fingerprint density at radius 1 is 1.30 bits per heavy atom. The number of aryl methyl sites for hydroxylation is 1. The van der Waals surface area contributed by atoms with E-state index in [1.54, 1.807) is 6.07 Å². The van der Waals surface area contributed by atoms with E-state index in [-0.39, 0.29) is 18.2 Å². The van der Waals surface area contributed by atoms with Gasteiger partial charge in [0.25, 0.3) is 5.91 Å². The first-order chi connectivity index (χ1) is 9.43. The van der Waals surface area contributed by atoms with Crippen LogP contribution in [0, 0.1) is 6.92 Å². The second-order valence-electron chi connectivity index (χ2n) is 4.94. The van der Waals surface area contributed by atoms with Crippen LogP contribution in [0.4, 0.5) is 4.79 Å². The summed E-state index contributed by atoms with van der Waals surface area (Å²) in [4.78, 5) is 39.1. The van der Waals surface area contributed by atoms with Crippen LogP contribution in [0.25, 0.3) is 0 Å². The number of rotatable bonds is 5. The maximum absolute atomic E-state index is 12.4. The molecule has 1 aliphatic rings. The smallest absolute Gasteiger partial charge is 0.323 e. The molecule has 20 heavy (non-hydrogen) atoms. The molecule has 2 heterocycles. The third-order valence-corrected chi connectivity index (χ3v) is 4.81. The number of imide groups is 1. The van der Waals surface area contributed by atoms with Gasteiger partial charge >= 0.3 is 6.03 Å². The average Bonchev–Trinajstić information content (AvgIpc) is 2.96. The normalized spacial score (nSPS) is 17.4. The van der Waals surface area contributed by atoms with E-state index in [0.29, 0.717) is 17.7 Å². The van der Waals surface area contributed by atoms with E-state index < -0.39 is 11.6 Å². The third-order valence-electron chi connectivity index (χ3n) is 3.77. The Bertz CT molecular complexity index is 561. The second kappa shape index (κ2) is 5.36. The van der Waals surface area contributed by atoms with Crippen molar-refractivity contribution in [2.75, 3.05) is 6.54 Å². The predicted octanol–water partition coefficient (Wildman–Crippen LogP) is 2.35. The van der Waals surface area contributed by atoms with Gasteiger partial charge in [0.2, 0.25) is 0 Å². The summed E-state index contributed by atoms with van der Waals surface area (Å²) in [5.74, 6) is -0.497. The lowest BCUT2D eigenvalue weighted by Crippen LogP contribution is -2.46. The second-order valence-corrected chi connectivity index (χ2v) is 6.23. The Morgan fingerprint density at radius 3 is 2.40 bits per heavy atom. The van der Waals surface area contributed by atoms with Crippen molar-refractivity contribution in [2.24, 2.45) is 0 Å². The van der Waals surface area contributed by atoms with Gasteiger partial charge in [-0.2, -0.15) is 0 Å². The summed E-state index contributed by atoms with van der Waals surface area (Å²) in [6.07, 6.45) is 1.05. The maximum atomic E-state index is 12.4. The number of hydrogen-bond acceptors (Lipinski definition) is 4. The van der Waals surface area contributed by atoms with Crippen LogP contribution in [0.5, 0.6) is 0 Å². The Kier molecular flexibility index (Phi) is 3.94. The van der Waals surface area contributed by atoms with Crippen molar-refractivity contribution in [1.82, 2.24) is 10.2 Å². The van der Waals surface area contributed by atoms with Crippen LogP contribution in [0.3, 0.4) is 0 Å². The molecule has 0 aliphatic carbocycles. The molecule has 0 saturated carbocycles. The fourth-order valence-corrected chi connectivity index (χ4v) is 3.15. The number of Topliss-reactive ketones (excluding diaryl/α,β-unsaturated/α-hetero) is 1. The maximum Gasteiger partial charge on any atom is 0.325 e. The lowest BCUT2D eigenvalue weighted by molar-refractivity contribution is -0.131. The van der Waals surface area contributed by atoms with Crippen molar-refractivity contribution in [1.29, 1.82) is 0 Å². The Hall–Kier alpha value is -1.69. The Labute approximate surface area is 122 Å². The number of nitrogens with one attached hydrogen (secondary N) is 1. The lowest BCUT2D eigenvalue weighted by atomic mass is 9.93. The number of carbonyl (C=O) groups is 3. The van der Waals surface area contributed by atoms with Crippen molar-refractivity contribution >= 4 is 29.1 Å². The van der Waals surface area contributed by atoms with Gasteiger partial charge in [-0.15, -0.1) is 11.3 Å². The van der Waals surface area contributed by atoms with Gasteiger partial charge in [-0.05, 0) is 31.9 Å². The van der Waals surface area contributed by atoms with E-state index in [1.165, 1.54) is 11.3 Å². The number of nitrogens with zero attached hydrogens (tertiary/aromatic N) is 1. The molecule has 3 amide bonds. The van der Waals surface area contributed by atoms with Crippen LogP contribution in [-0.2, 0) is 4.79 Å². The van der Waals surface area contributed by atoms with Crippen LogP contribution in [0.15, 0.2) is 12.1 Å². The van der Waals surface area contributed by atoms with Crippen molar-refractivity contribution < 1.29 is 14.4 Å². The largest absolute Gasteiger partial charge is 0.325 e. The average molecular weight is 294 g/mol. The highest BCUT2D eigenvalue weighted by Crippen LogP contribution is 2.25. The van der Waals surface area contributed by atoms with Crippen LogP contribution < -0.4 is 5.32 Å². The molecule has 0 atom stereocenters. The Morgan fingerprint density at radius 2 is 1.95 bits per heavy atom. The SMILES string of the molecule is CCC1(CC)NC(=O)N(CC(=O)c2ccc(C)s2)C1=O. The number of thiophene rings is 1. The van der Waals surface area contributed by atoms with E-state index in [0.717, 1.165) is 9.78 Å². The molecule has 6 heteroatoms. The number of amides is 3. The van der Waals surface area contributed by atoms with Crippen molar-refractivity contribution in [3.63, 3.8) is 0 Å². The molecule has 0 aromatic carbocycles. The first kappa shape index (κ1) is 14.7. The standard InChI is InChI=1S/C14H18N2O3S/c1-4-14(5-2)12(18)16(13(19)15-14)8-10(17)11-7-6-9(3)20-11/h6-7H,4-5,8H2,1-3H3,(H,15,19). The monoisotopic (exact) mass is 294 g/mol. The van der Waals surface area contributed by atoms with Gasteiger partial charge in [0.05, 0.1) is 11.4 Å². The first-order valence-corrected chi connectivity index (χ1v) is 7.49. The lowest BCUT2D eigenvalue weighted by Gasteiger charge is -2.22. The molecule has 0 radical (unpaired) electrons. The molecular weight excluding hydrogens is 276 g/mol. The van der Waals surface area contributed by atoms with E-state index in [1.807, 2.05) is 26.8 Å². The summed E-state index contributed by atoms with van der Waals surface area (Å²) in [6.45, 7) is 5.44. The first-order valence-electron chi connectivity index (χ1n) is 6.67. The van der Waals surface area contributed by atoms with Crippen LogP contribution in [-0.4, -0.2) is 34.7 Å². The van der Waals surface area contributed by atoms with Crippen molar-refractivity contribution in [3.05, 3.63) is 21.9 Å². The highest BCUT2D eigenvalue weighted by atomic mass is 32.1. The molecule has 5 nitrogen and oxygen atoms in total. The molecule has 1 aromatic heterocycles. The van der Waals surface area contributed by atoms with Gasteiger partial charge in [-0.3, -0.25) is 14.5 Å². The molecule has 0 unspecified atom stereocenters. The molecule has 0 spiro atoms. The van der Waals surface area contributed by atoms with Gasteiger partial charge in [-0.25, -0.2) is 4.79 Å². The van der Waals surface area contributed by atoms with Gasteiger partial charge in [-0.1, -0.05) is 13.8 Å². The zero-order valence-electron chi connectivity index (χ0n) is 11.9. The number of carbonyl (C=O) groups excluding carboxylic acids is 3. The number of urea groups is 1. The summed E-state index contributed by atoms with van der Waals surface area (Å²) >= 11 is 1.37. The van der Waals surface area contributed by atoms with E-state index in [9.17, 15) is 14.4 Å². The molecule has 108 valence electrons. The van der Waals surface area contributed by atoms with Crippen molar-refractivity contribution in [3.8, 4) is 0 Å². The number of hydrogen-bond donors (Lipinski definition) is 1. The summed E-state index contributed by atoms with van der Waals surface area (Å²) in [6, 6.07) is 3.11. The molecule has 1 fully saturated rings. The zero-order chi connectivity index (χ0) is 14.9. The van der Waals surface area contributed by atoms with Gasteiger partial charge in [0, 0.05) is 4.88 Å². The topological polar surface area (TPSA) is 66.5 Å². The minimum Gasteiger partial charge on any atom is -0.323 e. The third kappa shape index (κ3) is 2.35. The molecule has 1 N–H and O–H groups in total. The minimum atomic E-state index is -0.845. The molecule has 1 saturated heterocycles. The van der Waals surface area contributed by atoms with Crippen LogP contribution in [0.2, 0.25) is 0 Å². The Balaban J connectivity index is 2.16. The number of ketones is 1. The summed E-state index contributed by atoms with van der Waals surface area (Å²) in [5.41, 5.74) is -0.845. The van der Waals surface area contributed by atoms with Crippen LogP contribution in [0.1, 0.15) is 41.2 Å². The van der Waals surface area contributed by atoms with E-state index in [2.05, 4.69) is 5.32 Å². The quantitative estimate of drug-likeness (QED) is 0.669. The zero-order valence-corrected chi connectivity index (χ0v) is 12.7. The highest BCUT2D eigenvalue weighted by Gasteiger charge is 2.49. The fourth-order valence-electron chi connectivity index (χ4n) is 2.35. The predicted molar refractivity (Wildman–Crippen MR) is 76.9 cm³/mol.